The first kappa shape index (κ1) is 8.27. The van der Waals surface area contributed by atoms with Crippen molar-refractivity contribution in [1.29, 1.82) is 0 Å². The Kier molecular flexibility index (Phi) is 2.65. The van der Waals surface area contributed by atoms with E-state index in [0.717, 1.165) is 12.8 Å². The van der Waals surface area contributed by atoms with Crippen molar-refractivity contribution >= 4 is 5.91 Å². The SMILES string of the molecule is C[C@H](N)C(=O)NC1CC=CC1. The van der Waals surface area contributed by atoms with Crippen molar-refractivity contribution in [2.45, 2.75) is 31.8 Å². The van der Waals surface area contributed by atoms with E-state index in [1.807, 2.05) is 0 Å². The Bertz CT molecular complexity index is 167. The largest absolute Gasteiger partial charge is 0.351 e. The van der Waals surface area contributed by atoms with Gasteiger partial charge in [0.15, 0.2) is 0 Å². The number of nitrogens with two attached hydrogens (primary N) is 1. The van der Waals surface area contributed by atoms with Crippen molar-refractivity contribution in [2.75, 3.05) is 0 Å². The highest BCUT2D eigenvalue weighted by molar-refractivity contribution is 5.81. The Morgan fingerprint density at radius 2 is 2.18 bits per heavy atom. The van der Waals surface area contributed by atoms with Gasteiger partial charge in [-0.2, -0.15) is 0 Å². The molecule has 0 heterocycles. The van der Waals surface area contributed by atoms with Crippen LogP contribution in [0.25, 0.3) is 0 Å². The monoisotopic (exact) mass is 154 g/mol. The van der Waals surface area contributed by atoms with Crippen LogP contribution in [-0.2, 0) is 4.79 Å². The smallest absolute Gasteiger partial charge is 0.236 e. The Morgan fingerprint density at radius 3 is 2.64 bits per heavy atom. The number of hydrogen-bond donors (Lipinski definition) is 2. The maximum atomic E-state index is 11.0. The summed E-state index contributed by atoms with van der Waals surface area (Å²) in [5.74, 6) is -0.0568. The Hall–Kier alpha value is -0.830. The highest BCUT2D eigenvalue weighted by Crippen LogP contribution is 2.08. The summed E-state index contributed by atoms with van der Waals surface area (Å²) in [5, 5.41) is 2.85. The molecule has 0 unspecified atom stereocenters. The first-order valence-electron chi connectivity index (χ1n) is 3.91. The number of carbonyl (C=O) groups excluding carboxylic acids is 1. The minimum absolute atomic E-state index is 0.0568. The van der Waals surface area contributed by atoms with Crippen LogP contribution < -0.4 is 11.1 Å². The summed E-state index contributed by atoms with van der Waals surface area (Å²) < 4.78 is 0. The zero-order valence-corrected chi connectivity index (χ0v) is 6.71. The van der Waals surface area contributed by atoms with Gasteiger partial charge in [-0.25, -0.2) is 0 Å². The molecule has 0 saturated carbocycles. The van der Waals surface area contributed by atoms with Gasteiger partial charge in [0.05, 0.1) is 6.04 Å². The molecule has 0 spiro atoms. The highest BCUT2D eigenvalue weighted by Gasteiger charge is 2.14. The molecular weight excluding hydrogens is 140 g/mol. The zero-order chi connectivity index (χ0) is 8.27. The Labute approximate surface area is 66.6 Å². The molecule has 3 heteroatoms. The maximum Gasteiger partial charge on any atom is 0.236 e. The zero-order valence-electron chi connectivity index (χ0n) is 6.71. The van der Waals surface area contributed by atoms with Crippen molar-refractivity contribution in [1.82, 2.24) is 5.32 Å². The molecule has 0 aliphatic heterocycles. The van der Waals surface area contributed by atoms with Gasteiger partial charge in [-0.05, 0) is 19.8 Å². The predicted octanol–water partition coefficient (Wildman–Crippen LogP) is 0.168. The number of amides is 1. The molecule has 0 saturated heterocycles. The summed E-state index contributed by atoms with van der Waals surface area (Å²) in [6.45, 7) is 1.69. The van der Waals surface area contributed by atoms with Gasteiger partial charge in [-0.1, -0.05) is 12.2 Å². The molecule has 3 N–H and O–H groups in total. The topological polar surface area (TPSA) is 55.1 Å². The second-order valence-electron chi connectivity index (χ2n) is 2.94. The van der Waals surface area contributed by atoms with Crippen molar-refractivity contribution in [3.8, 4) is 0 Å². The van der Waals surface area contributed by atoms with E-state index in [1.165, 1.54) is 0 Å². The van der Waals surface area contributed by atoms with Crippen LogP contribution in [0.5, 0.6) is 0 Å². The van der Waals surface area contributed by atoms with E-state index in [2.05, 4.69) is 17.5 Å². The number of hydrogen-bond acceptors (Lipinski definition) is 2. The lowest BCUT2D eigenvalue weighted by Gasteiger charge is -2.13. The van der Waals surface area contributed by atoms with Crippen LogP contribution >= 0.6 is 0 Å². The number of nitrogens with one attached hydrogen (secondary N) is 1. The molecule has 0 aromatic carbocycles. The van der Waals surface area contributed by atoms with Gasteiger partial charge >= 0.3 is 0 Å². The average Bonchev–Trinajstić information content (AvgIpc) is 2.39. The minimum atomic E-state index is -0.393. The first-order chi connectivity index (χ1) is 5.20. The van der Waals surface area contributed by atoms with E-state index >= 15 is 0 Å². The molecule has 0 aromatic rings. The second kappa shape index (κ2) is 3.53. The minimum Gasteiger partial charge on any atom is -0.351 e. The van der Waals surface area contributed by atoms with Crippen LogP contribution in [0.15, 0.2) is 12.2 Å². The predicted molar refractivity (Wildman–Crippen MR) is 44.0 cm³/mol. The highest BCUT2D eigenvalue weighted by atomic mass is 16.2. The van der Waals surface area contributed by atoms with E-state index in [-0.39, 0.29) is 11.9 Å². The lowest BCUT2D eigenvalue weighted by atomic mass is 10.2. The fourth-order valence-corrected chi connectivity index (χ4v) is 1.07. The fourth-order valence-electron chi connectivity index (χ4n) is 1.07. The molecule has 11 heavy (non-hydrogen) atoms. The normalized spacial score (nSPS) is 20.2. The van der Waals surface area contributed by atoms with E-state index in [0.29, 0.717) is 0 Å². The third-order valence-corrected chi connectivity index (χ3v) is 1.77. The molecule has 0 radical (unpaired) electrons. The van der Waals surface area contributed by atoms with Crippen LogP contribution in [0.3, 0.4) is 0 Å². The first-order valence-corrected chi connectivity index (χ1v) is 3.91. The Balaban J connectivity index is 2.25. The third kappa shape index (κ3) is 2.35. The van der Waals surface area contributed by atoms with Crippen LogP contribution in [0.2, 0.25) is 0 Å². The second-order valence-corrected chi connectivity index (χ2v) is 2.94. The molecule has 3 nitrogen and oxygen atoms in total. The molecule has 0 aromatic heterocycles. The molecule has 1 rings (SSSR count). The summed E-state index contributed by atoms with van der Waals surface area (Å²) in [6, 6.07) is -0.107. The lowest BCUT2D eigenvalue weighted by molar-refractivity contribution is -0.122. The van der Waals surface area contributed by atoms with E-state index in [1.54, 1.807) is 6.92 Å². The van der Waals surface area contributed by atoms with Crippen LogP contribution in [-0.4, -0.2) is 18.0 Å². The molecule has 1 aliphatic carbocycles. The van der Waals surface area contributed by atoms with E-state index in [4.69, 9.17) is 5.73 Å². The third-order valence-electron chi connectivity index (χ3n) is 1.77. The van der Waals surface area contributed by atoms with Gasteiger partial charge in [-0.3, -0.25) is 4.79 Å². The van der Waals surface area contributed by atoms with Gasteiger partial charge in [0.1, 0.15) is 0 Å². The van der Waals surface area contributed by atoms with Gasteiger partial charge in [0, 0.05) is 6.04 Å². The van der Waals surface area contributed by atoms with Crippen molar-refractivity contribution in [3.05, 3.63) is 12.2 Å². The van der Waals surface area contributed by atoms with Crippen molar-refractivity contribution < 1.29 is 4.79 Å². The Morgan fingerprint density at radius 1 is 1.64 bits per heavy atom. The quantitative estimate of drug-likeness (QED) is 0.557. The summed E-state index contributed by atoms with van der Waals surface area (Å²) in [6.07, 6.45) is 6.04. The van der Waals surface area contributed by atoms with Crippen LogP contribution in [0, 0.1) is 0 Å². The number of carbonyl (C=O) groups is 1. The van der Waals surface area contributed by atoms with Gasteiger partial charge in [-0.15, -0.1) is 0 Å². The number of rotatable bonds is 2. The molecule has 0 fully saturated rings. The van der Waals surface area contributed by atoms with E-state index < -0.39 is 6.04 Å². The molecule has 1 aliphatic rings. The van der Waals surface area contributed by atoms with Crippen LogP contribution in [0.4, 0.5) is 0 Å². The molecular formula is C8H14N2O. The standard InChI is InChI=1S/C8H14N2O/c1-6(9)8(11)10-7-4-2-3-5-7/h2-3,6-7H,4-5,9H2,1H3,(H,10,11)/t6-/m0/s1. The van der Waals surface area contributed by atoms with Gasteiger partial charge < -0.3 is 11.1 Å². The summed E-state index contributed by atoms with van der Waals surface area (Å²) in [5.41, 5.74) is 5.38. The average molecular weight is 154 g/mol. The summed E-state index contributed by atoms with van der Waals surface area (Å²) in [7, 11) is 0. The lowest BCUT2D eigenvalue weighted by Crippen LogP contribution is -2.42. The fraction of sp³-hybridized carbons (Fsp3) is 0.625. The molecule has 1 amide bonds. The van der Waals surface area contributed by atoms with Crippen LogP contribution in [0.1, 0.15) is 19.8 Å². The van der Waals surface area contributed by atoms with Crippen molar-refractivity contribution in [2.24, 2.45) is 5.73 Å². The van der Waals surface area contributed by atoms with Crippen molar-refractivity contribution in [3.63, 3.8) is 0 Å². The summed E-state index contributed by atoms with van der Waals surface area (Å²) >= 11 is 0. The van der Waals surface area contributed by atoms with E-state index in [9.17, 15) is 4.79 Å². The molecule has 1 atom stereocenters. The molecule has 0 bridgehead atoms. The summed E-state index contributed by atoms with van der Waals surface area (Å²) in [4.78, 5) is 11.0. The molecule has 62 valence electrons. The van der Waals surface area contributed by atoms with Gasteiger partial charge in [0.25, 0.3) is 0 Å². The van der Waals surface area contributed by atoms with Gasteiger partial charge in [0.2, 0.25) is 5.91 Å². The maximum absolute atomic E-state index is 11.0.